The van der Waals surface area contributed by atoms with E-state index < -0.39 is 10.0 Å². The lowest BCUT2D eigenvalue weighted by atomic mass is 10.1. The Kier molecular flexibility index (Phi) is 7.46. The third-order valence-corrected chi connectivity index (χ3v) is 7.91. The first-order chi connectivity index (χ1) is 14.8. The highest BCUT2D eigenvalue weighted by Crippen LogP contribution is 2.29. The average Bonchev–Trinajstić information content (AvgIpc) is 3.13. The van der Waals surface area contributed by atoms with Crippen molar-refractivity contribution in [2.75, 3.05) is 19.3 Å². The number of furan rings is 1. The van der Waals surface area contributed by atoms with E-state index in [1.807, 2.05) is 51.3 Å². The topological polar surface area (TPSA) is 79.6 Å². The number of fused-ring (bicyclic) bond motifs is 1. The van der Waals surface area contributed by atoms with Gasteiger partial charge in [0.2, 0.25) is 10.0 Å². The van der Waals surface area contributed by atoms with E-state index >= 15 is 0 Å². The minimum absolute atomic E-state index is 0.248. The monoisotopic (exact) mass is 460 g/mol. The fourth-order valence-corrected chi connectivity index (χ4v) is 5.59. The van der Waals surface area contributed by atoms with Gasteiger partial charge >= 0.3 is 0 Å². The summed E-state index contributed by atoms with van der Waals surface area (Å²) < 4.78 is 32.6. The molecular formula is C23H28N2O4S2. The zero-order chi connectivity index (χ0) is 22.6. The van der Waals surface area contributed by atoms with Gasteiger partial charge in [0.15, 0.2) is 5.76 Å². The molecule has 6 nitrogen and oxygen atoms in total. The summed E-state index contributed by atoms with van der Waals surface area (Å²) in [6.07, 6.45) is 1.99. The second-order valence-corrected chi connectivity index (χ2v) is 10.00. The highest BCUT2D eigenvalue weighted by molar-refractivity contribution is 7.97. The Bertz CT molecular complexity index is 1150. The van der Waals surface area contributed by atoms with Gasteiger partial charge in [-0.05, 0) is 36.9 Å². The van der Waals surface area contributed by atoms with Crippen LogP contribution in [0.5, 0.6) is 0 Å². The van der Waals surface area contributed by atoms with Gasteiger partial charge in [0, 0.05) is 29.8 Å². The number of nitrogens with one attached hydrogen (secondary N) is 1. The summed E-state index contributed by atoms with van der Waals surface area (Å²) in [6.45, 7) is 6.33. The summed E-state index contributed by atoms with van der Waals surface area (Å²) in [5.41, 5.74) is 2.39. The van der Waals surface area contributed by atoms with E-state index in [9.17, 15) is 13.2 Å². The normalized spacial score (nSPS) is 12.9. The Hall–Kier alpha value is -2.29. The van der Waals surface area contributed by atoms with E-state index in [0.29, 0.717) is 30.2 Å². The maximum absolute atomic E-state index is 13.0. The molecule has 0 aliphatic rings. The van der Waals surface area contributed by atoms with E-state index in [1.165, 1.54) is 4.31 Å². The molecule has 3 rings (SSSR count). The van der Waals surface area contributed by atoms with Crippen molar-refractivity contribution in [3.05, 3.63) is 65.4 Å². The molecule has 0 aliphatic carbocycles. The molecule has 0 aliphatic heterocycles. The van der Waals surface area contributed by atoms with Crippen molar-refractivity contribution in [2.24, 2.45) is 0 Å². The van der Waals surface area contributed by atoms with Gasteiger partial charge < -0.3 is 9.73 Å². The number of amides is 1. The summed E-state index contributed by atoms with van der Waals surface area (Å²) >= 11 is 1.63. The van der Waals surface area contributed by atoms with Crippen LogP contribution in [0.15, 0.2) is 57.8 Å². The summed E-state index contributed by atoms with van der Waals surface area (Å²) in [5.74, 6) is 0.710. The number of rotatable bonds is 9. The van der Waals surface area contributed by atoms with Crippen LogP contribution in [-0.4, -0.2) is 38.0 Å². The first kappa shape index (κ1) is 23.4. The molecule has 1 aromatic heterocycles. The maximum atomic E-state index is 13.0. The Balaban J connectivity index is 1.81. The average molecular weight is 461 g/mol. The van der Waals surface area contributed by atoms with Crippen LogP contribution < -0.4 is 5.32 Å². The lowest BCUT2D eigenvalue weighted by Crippen LogP contribution is -2.30. The molecule has 1 unspecified atom stereocenters. The molecule has 1 atom stereocenters. The molecule has 3 aromatic rings. The largest absolute Gasteiger partial charge is 0.451 e. The summed E-state index contributed by atoms with van der Waals surface area (Å²) in [7, 11) is -3.51. The van der Waals surface area contributed by atoms with Crippen molar-refractivity contribution in [2.45, 2.75) is 37.5 Å². The molecule has 0 fully saturated rings. The first-order valence-corrected chi connectivity index (χ1v) is 13.1. The standard InChI is InChI=1S/C23H28N2O4S2/c1-5-25(6-2)31(27,28)18-13-11-17(12-14-18)16(3)24-23(26)22-20(15-30-4)19-9-7-8-10-21(19)29-22/h7-14,16H,5-6,15H2,1-4H3,(H,24,26). The van der Waals surface area contributed by atoms with E-state index in [1.54, 1.807) is 36.0 Å². The number of thioether (sulfide) groups is 1. The van der Waals surface area contributed by atoms with Crippen LogP contribution >= 0.6 is 11.8 Å². The Morgan fingerprint density at radius 1 is 1.10 bits per heavy atom. The third kappa shape index (κ3) is 4.81. The SMILES string of the molecule is CCN(CC)S(=O)(=O)c1ccc(C(C)NC(=O)c2oc3ccccc3c2CSC)cc1. The fraction of sp³-hybridized carbons (Fsp3) is 0.348. The molecule has 1 heterocycles. The predicted octanol–water partition coefficient (Wildman–Crippen LogP) is 4.82. The molecule has 0 radical (unpaired) electrons. The molecule has 8 heteroatoms. The zero-order valence-electron chi connectivity index (χ0n) is 18.2. The van der Waals surface area contributed by atoms with Crippen LogP contribution in [0.3, 0.4) is 0 Å². The van der Waals surface area contributed by atoms with Crippen molar-refractivity contribution in [1.29, 1.82) is 0 Å². The quantitative estimate of drug-likeness (QED) is 0.495. The van der Waals surface area contributed by atoms with Crippen LogP contribution in [0, 0.1) is 0 Å². The minimum atomic E-state index is -3.51. The third-order valence-electron chi connectivity index (χ3n) is 5.26. The number of sulfonamides is 1. The molecular weight excluding hydrogens is 432 g/mol. The van der Waals surface area contributed by atoms with Crippen LogP contribution in [0.1, 0.15) is 48.5 Å². The number of para-hydroxylation sites is 1. The fourth-order valence-electron chi connectivity index (χ4n) is 3.56. The highest BCUT2D eigenvalue weighted by atomic mass is 32.2. The van der Waals surface area contributed by atoms with Gasteiger partial charge in [-0.3, -0.25) is 4.79 Å². The van der Waals surface area contributed by atoms with Crippen LogP contribution in [-0.2, 0) is 15.8 Å². The highest BCUT2D eigenvalue weighted by Gasteiger charge is 2.23. The Morgan fingerprint density at radius 3 is 2.35 bits per heavy atom. The van der Waals surface area contributed by atoms with Gasteiger partial charge in [0.25, 0.3) is 5.91 Å². The number of hydrogen-bond acceptors (Lipinski definition) is 5. The van der Waals surface area contributed by atoms with E-state index in [4.69, 9.17) is 4.42 Å². The van der Waals surface area contributed by atoms with Gasteiger partial charge in [0.1, 0.15) is 5.58 Å². The molecule has 31 heavy (non-hydrogen) atoms. The van der Waals surface area contributed by atoms with Gasteiger partial charge in [-0.15, -0.1) is 0 Å². The zero-order valence-corrected chi connectivity index (χ0v) is 19.8. The molecule has 2 aromatic carbocycles. The number of nitrogens with zero attached hydrogens (tertiary/aromatic N) is 1. The lowest BCUT2D eigenvalue weighted by Gasteiger charge is -2.19. The Labute approximate surface area is 188 Å². The van der Waals surface area contributed by atoms with Crippen molar-refractivity contribution in [3.8, 4) is 0 Å². The lowest BCUT2D eigenvalue weighted by molar-refractivity contribution is 0.0913. The van der Waals surface area contributed by atoms with Crippen molar-refractivity contribution < 1.29 is 17.6 Å². The van der Waals surface area contributed by atoms with Gasteiger partial charge in [-0.25, -0.2) is 8.42 Å². The van der Waals surface area contributed by atoms with Crippen LogP contribution in [0.4, 0.5) is 0 Å². The molecule has 1 N–H and O–H groups in total. The van der Waals surface area contributed by atoms with Crippen molar-refractivity contribution in [3.63, 3.8) is 0 Å². The number of carbonyl (C=O) groups excluding carboxylic acids is 1. The Morgan fingerprint density at radius 2 is 1.74 bits per heavy atom. The number of benzene rings is 2. The summed E-state index contributed by atoms with van der Waals surface area (Å²) in [5, 5.41) is 3.92. The van der Waals surface area contributed by atoms with Crippen molar-refractivity contribution >= 4 is 38.7 Å². The molecule has 0 bridgehead atoms. The number of hydrogen-bond donors (Lipinski definition) is 1. The molecule has 0 spiro atoms. The van der Waals surface area contributed by atoms with Gasteiger partial charge in [-0.2, -0.15) is 16.1 Å². The molecule has 0 saturated carbocycles. The smallest absolute Gasteiger partial charge is 0.287 e. The van der Waals surface area contributed by atoms with Gasteiger partial charge in [-0.1, -0.05) is 44.2 Å². The molecule has 0 saturated heterocycles. The van der Waals surface area contributed by atoms with E-state index in [-0.39, 0.29) is 16.8 Å². The molecule has 166 valence electrons. The minimum Gasteiger partial charge on any atom is -0.451 e. The maximum Gasteiger partial charge on any atom is 0.287 e. The first-order valence-electron chi connectivity index (χ1n) is 10.2. The number of carbonyl (C=O) groups is 1. The second-order valence-electron chi connectivity index (χ2n) is 7.19. The van der Waals surface area contributed by atoms with Crippen molar-refractivity contribution in [1.82, 2.24) is 9.62 Å². The van der Waals surface area contributed by atoms with Crippen LogP contribution in [0.25, 0.3) is 11.0 Å². The summed E-state index contributed by atoms with van der Waals surface area (Å²) in [6, 6.07) is 14.0. The van der Waals surface area contributed by atoms with E-state index in [2.05, 4.69) is 5.32 Å². The van der Waals surface area contributed by atoms with E-state index in [0.717, 1.165) is 16.5 Å². The van der Waals surface area contributed by atoms with Gasteiger partial charge in [0.05, 0.1) is 10.9 Å². The molecule has 1 amide bonds. The van der Waals surface area contributed by atoms with Crippen LogP contribution in [0.2, 0.25) is 0 Å². The second kappa shape index (κ2) is 9.89. The predicted molar refractivity (Wildman–Crippen MR) is 126 cm³/mol. The summed E-state index contributed by atoms with van der Waals surface area (Å²) in [4.78, 5) is 13.2.